The topological polar surface area (TPSA) is 58.6 Å². The van der Waals surface area contributed by atoms with Crippen LogP contribution >= 0.6 is 0 Å². The first-order valence-electron chi connectivity index (χ1n) is 6.40. The van der Waals surface area contributed by atoms with Crippen LogP contribution in [0.5, 0.6) is 0 Å². The molecule has 1 amide bonds. The summed E-state index contributed by atoms with van der Waals surface area (Å²) in [4.78, 5) is 11.3. The number of halogens is 3. The van der Waals surface area contributed by atoms with Gasteiger partial charge in [-0.3, -0.25) is 4.79 Å². The van der Waals surface area contributed by atoms with Gasteiger partial charge in [-0.05, 0) is 32.6 Å². The number of aliphatic hydroxyl groups is 1. The molecule has 2 atom stereocenters. The fourth-order valence-corrected chi connectivity index (χ4v) is 2.29. The smallest absolute Gasteiger partial charge is 0.388 e. The van der Waals surface area contributed by atoms with Crippen LogP contribution in [0.2, 0.25) is 0 Å². The normalized spacial score (nSPS) is 28.2. The van der Waals surface area contributed by atoms with Crippen LogP contribution in [-0.4, -0.2) is 42.5 Å². The van der Waals surface area contributed by atoms with Crippen LogP contribution in [0.4, 0.5) is 13.2 Å². The molecule has 1 aliphatic carbocycles. The molecule has 0 spiro atoms. The molecule has 0 aromatic heterocycles. The van der Waals surface area contributed by atoms with Crippen LogP contribution in [0.3, 0.4) is 0 Å². The standard InChI is InChI=1S/C12H20F3NO3/c1-2-19-7-10(17)16-8-11(18)5-3-4-9(6-11)12(13,14)15/h9,18H,2-8H2,1H3,(H,16,17)/t9-,11-/m0/s1. The van der Waals surface area contributed by atoms with Gasteiger partial charge in [0.05, 0.1) is 11.5 Å². The van der Waals surface area contributed by atoms with E-state index in [1.807, 2.05) is 0 Å². The van der Waals surface area contributed by atoms with Gasteiger partial charge in [0.15, 0.2) is 0 Å². The SMILES string of the molecule is CCOCC(=O)NC[C@]1(O)CCC[C@H](C(F)(F)F)C1. The van der Waals surface area contributed by atoms with Crippen molar-refractivity contribution in [2.75, 3.05) is 19.8 Å². The van der Waals surface area contributed by atoms with Crippen LogP contribution in [0.1, 0.15) is 32.6 Å². The second-order valence-corrected chi connectivity index (χ2v) is 4.97. The molecule has 0 aromatic rings. The van der Waals surface area contributed by atoms with Gasteiger partial charge in [0.1, 0.15) is 6.61 Å². The van der Waals surface area contributed by atoms with E-state index in [-0.39, 0.29) is 32.4 Å². The third kappa shape index (κ3) is 5.36. The second kappa shape index (κ2) is 6.56. The van der Waals surface area contributed by atoms with E-state index in [9.17, 15) is 23.1 Å². The molecule has 0 heterocycles. The minimum atomic E-state index is -4.29. The molecule has 2 N–H and O–H groups in total. The third-order valence-corrected chi connectivity index (χ3v) is 3.34. The average molecular weight is 283 g/mol. The average Bonchev–Trinajstić information content (AvgIpc) is 2.33. The van der Waals surface area contributed by atoms with Crippen molar-refractivity contribution in [1.82, 2.24) is 5.32 Å². The van der Waals surface area contributed by atoms with Gasteiger partial charge in [-0.1, -0.05) is 0 Å². The summed E-state index contributed by atoms with van der Waals surface area (Å²) in [6.07, 6.45) is -4.02. The molecule has 0 bridgehead atoms. The van der Waals surface area contributed by atoms with Gasteiger partial charge in [-0.25, -0.2) is 0 Å². The highest BCUT2D eigenvalue weighted by molar-refractivity contribution is 5.77. The van der Waals surface area contributed by atoms with Crippen molar-refractivity contribution < 1.29 is 27.8 Å². The lowest BCUT2D eigenvalue weighted by molar-refractivity contribution is -0.200. The number of rotatable bonds is 5. The molecule has 0 radical (unpaired) electrons. The first kappa shape index (κ1) is 16.2. The van der Waals surface area contributed by atoms with Gasteiger partial charge in [0.2, 0.25) is 5.91 Å². The molecule has 4 nitrogen and oxygen atoms in total. The quantitative estimate of drug-likeness (QED) is 0.806. The van der Waals surface area contributed by atoms with Crippen LogP contribution < -0.4 is 5.32 Å². The van der Waals surface area contributed by atoms with Crippen molar-refractivity contribution in [3.63, 3.8) is 0 Å². The molecule has 0 aromatic carbocycles. The summed E-state index contributed by atoms with van der Waals surface area (Å²) in [7, 11) is 0. The van der Waals surface area contributed by atoms with E-state index in [4.69, 9.17) is 4.74 Å². The summed E-state index contributed by atoms with van der Waals surface area (Å²) in [6.45, 7) is 1.81. The Hall–Kier alpha value is -0.820. The van der Waals surface area contributed by atoms with E-state index in [2.05, 4.69) is 5.32 Å². The second-order valence-electron chi connectivity index (χ2n) is 4.97. The maximum atomic E-state index is 12.6. The summed E-state index contributed by atoms with van der Waals surface area (Å²) in [5.74, 6) is -1.92. The van der Waals surface area contributed by atoms with Gasteiger partial charge < -0.3 is 15.2 Å². The van der Waals surface area contributed by atoms with Gasteiger partial charge in [-0.15, -0.1) is 0 Å². The van der Waals surface area contributed by atoms with Crippen molar-refractivity contribution >= 4 is 5.91 Å². The molecule has 0 unspecified atom stereocenters. The molecule has 7 heteroatoms. The number of nitrogens with one attached hydrogen (secondary N) is 1. The van der Waals surface area contributed by atoms with Crippen LogP contribution in [-0.2, 0) is 9.53 Å². The maximum absolute atomic E-state index is 12.6. The Balaban J connectivity index is 2.45. The van der Waals surface area contributed by atoms with E-state index in [1.165, 1.54) is 0 Å². The van der Waals surface area contributed by atoms with Crippen molar-refractivity contribution in [3.8, 4) is 0 Å². The number of hydrogen-bond donors (Lipinski definition) is 2. The zero-order valence-electron chi connectivity index (χ0n) is 10.9. The molecule has 0 saturated heterocycles. The molecule has 0 aliphatic heterocycles. The van der Waals surface area contributed by atoms with Crippen molar-refractivity contribution in [3.05, 3.63) is 0 Å². The van der Waals surface area contributed by atoms with Gasteiger partial charge >= 0.3 is 6.18 Å². The first-order valence-corrected chi connectivity index (χ1v) is 6.40. The van der Waals surface area contributed by atoms with E-state index in [0.717, 1.165) is 0 Å². The van der Waals surface area contributed by atoms with Crippen LogP contribution in [0.15, 0.2) is 0 Å². The number of alkyl halides is 3. The minimum absolute atomic E-state index is 0.0404. The molecule has 1 aliphatic rings. The third-order valence-electron chi connectivity index (χ3n) is 3.34. The van der Waals surface area contributed by atoms with Crippen molar-refractivity contribution in [2.45, 2.75) is 44.4 Å². The lowest BCUT2D eigenvalue weighted by Crippen LogP contribution is -2.48. The summed E-state index contributed by atoms with van der Waals surface area (Å²) in [5, 5.41) is 12.5. The fourth-order valence-electron chi connectivity index (χ4n) is 2.29. The first-order chi connectivity index (χ1) is 8.77. The largest absolute Gasteiger partial charge is 0.391 e. The Bertz CT molecular complexity index is 309. The van der Waals surface area contributed by atoms with Crippen molar-refractivity contribution in [2.24, 2.45) is 5.92 Å². The Morgan fingerprint density at radius 2 is 2.21 bits per heavy atom. The molecule has 1 fully saturated rings. The summed E-state index contributed by atoms with van der Waals surface area (Å²) >= 11 is 0. The van der Waals surface area contributed by atoms with E-state index >= 15 is 0 Å². The van der Waals surface area contributed by atoms with Gasteiger partial charge in [-0.2, -0.15) is 13.2 Å². The summed E-state index contributed by atoms with van der Waals surface area (Å²) in [6, 6.07) is 0. The minimum Gasteiger partial charge on any atom is -0.388 e. The number of amides is 1. The Kier molecular flexibility index (Phi) is 5.61. The monoisotopic (exact) mass is 283 g/mol. The molecule has 19 heavy (non-hydrogen) atoms. The molecular formula is C12H20F3NO3. The fraction of sp³-hybridized carbons (Fsp3) is 0.917. The zero-order chi connectivity index (χ0) is 14.5. The highest BCUT2D eigenvalue weighted by Gasteiger charge is 2.46. The van der Waals surface area contributed by atoms with E-state index in [0.29, 0.717) is 13.0 Å². The molecule has 1 saturated carbocycles. The number of carbonyl (C=O) groups excluding carboxylic acids is 1. The number of hydrogen-bond acceptors (Lipinski definition) is 3. The van der Waals surface area contributed by atoms with E-state index < -0.39 is 23.6 Å². The Morgan fingerprint density at radius 3 is 2.79 bits per heavy atom. The van der Waals surface area contributed by atoms with E-state index in [1.54, 1.807) is 6.92 Å². The summed E-state index contributed by atoms with van der Waals surface area (Å²) in [5.41, 5.74) is -1.47. The molecule has 1 rings (SSSR count). The predicted molar refractivity (Wildman–Crippen MR) is 62.5 cm³/mol. The van der Waals surface area contributed by atoms with Crippen molar-refractivity contribution in [1.29, 1.82) is 0 Å². The summed E-state index contributed by atoms with van der Waals surface area (Å²) < 4.78 is 42.8. The highest BCUT2D eigenvalue weighted by atomic mass is 19.4. The Morgan fingerprint density at radius 1 is 1.53 bits per heavy atom. The van der Waals surface area contributed by atoms with Crippen LogP contribution in [0.25, 0.3) is 0 Å². The predicted octanol–water partition coefficient (Wildman–Crippen LogP) is 1.62. The molecular weight excluding hydrogens is 263 g/mol. The zero-order valence-corrected chi connectivity index (χ0v) is 10.9. The van der Waals surface area contributed by atoms with Gasteiger partial charge in [0, 0.05) is 13.2 Å². The lowest BCUT2D eigenvalue weighted by Gasteiger charge is -2.37. The van der Waals surface area contributed by atoms with Gasteiger partial charge in [0.25, 0.3) is 0 Å². The Labute approximate surface area is 110 Å². The number of carbonyl (C=O) groups is 1. The molecule has 112 valence electrons. The lowest BCUT2D eigenvalue weighted by atomic mass is 9.77. The highest BCUT2D eigenvalue weighted by Crippen LogP contribution is 2.41. The number of ether oxygens (including phenoxy) is 1. The maximum Gasteiger partial charge on any atom is 0.391 e. The van der Waals surface area contributed by atoms with Crippen LogP contribution in [0, 0.1) is 5.92 Å².